The zero-order chi connectivity index (χ0) is 10.1. The molecule has 0 bridgehead atoms. The highest BCUT2D eigenvalue weighted by atomic mass is 35.5. The van der Waals surface area contributed by atoms with Crippen LogP contribution in [0.1, 0.15) is 11.1 Å². The quantitative estimate of drug-likeness (QED) is 0.660. The molecule has 1 heterocycles. The Kier molecular flexibility index (Phi) is 2.33. The summed E-state index contributed by atoms with van der Waals surface area (Å²) in [4.78, 5) is 12.9. The first-order valence-electron chi connectivity index (χ1n) is 4.31. The Labute approximate surface area is 87.2 Å². The average molecular weight is 212 g/mol. The molecule has 0 saturated heterocycles. The fraction of sp³-hybridized carbons (Fsp3) is 0.300. The lowest BCUT2D eigenvalue weighted by Gasteiger charge is -2.12. The van der Waals surface area contributed by atoms with Gasteiger partial charge in [0.25, 0.3) is 0 Å². The van der Waals surface area contributed by atoms with Crippen molar-refractivity contribution in [2.75, 3.05) is 7.11 Å². The number of benzene rings is 1. The van der Waals surface area contributed by atoms with E-state index in [0.29, 0.717) is 18.1 Å². The first-order chi connectivity index (χ1) is 6.72. The van der Waals surface area contributed by atoms with Gasteiger partial charge in [0.2, 0.25) is 0 Å². The molecular weight excluding hydrogens is 202 g/mol. The summed E-state index contributed by atoms with van der Waals surface area (Å²) in [6, 6.07) is 5.70. The van der Waals surface area contributed by atoms with Gasteiger partial charge in [-0.05, 0) is 17.2 Å². The van der Waals surface area contributed by atoms with E-state index in [4.69, 9.17) is 11.6 Å². The molecule has 74 valence electrons. The number of rotatable bonds is 0. The third kappa shape index (κ3) is 1.44. The Morgan fingerprint density at radius 3 is 2.93 bits per heavy atom. The molecule has 0 radical (unpaired) electrons. The molecule has 14 heavy (non-hydrogen) atoms. The summed E-state index contributed by atoms with van der Waals surface area (Å²) in [6.07, 6.45) is -0.308. The number of fused-ring (bicyclic) bond motifs is 1. The van der Waals surface area contributed by atoms with E-state index >= 15 is 0 Å². The fourth-order valence-electron chi connectivity index (χ4n) is 1.64. The molecule has 0 aliphatic carbocycles. The molecule has 1 aliphatic heterocycles. The molecule has 0 saturated carbocycles. The second kappa shape index (κ2) is 3.50. The third-order valence-corrected chi connectivity index (χ3v) is 2.71. The van der Waals surface area contributed by atoms with Crippen molar-refractivity contribution < 1.29 is 9.53 Å². The molecule has 0 aromatic heterocycles. The molecule has 1 amide bonds. The van der Waals surface area contributed by atoms with Gasteiger partial charge in [0.1, 0.15) is 0 Å². The van der Waals surface area contributed by atoms with Gasteiger partial charge in [-0.3, -0.25) is 4.90 Å². The van der Waals surface area contributed by atoms with Crippen molar-refractivity contribution in [1.29, 1.82) is 0 Å². The van der Waals surface area contributed by atoms with E-state index in [1.54, 1.807) is 4.90 Å². The smallest absolute Gasteiger partial charge is 0.410 e. The van der Waals surface area contributed by atoms with Crippen LogP contribution < -0.4 is 0 Å². The maximum Gasteiger partial charge on any atom is 0.410 e. The number of halogens is 1. The van der Waals surface area contributed by atoms with Crippen molar-refractivity contribution in [3.8, 4) is 0 Å². The van der Waals surface area contributed by atoms with Gasteiger partial charge >= 0.3 is 6.09 Å². The number of amides is 1. The van der Waals surface area contributed by atoms with E-state index < -0.39 is 0 Å². The molecule has 0 atom stereocenters. The van der Waals surface area contributed by atoms with E-state index in [0.717, 1.165) is 11.1 Å². The van der Waals surface area contributed by atoms with Crippen LogP contribution in [0.2, 0.25) is 5.02 Å². The summed E-state index contributed by atoms with van der Waals surface area (Å²) < 4.78 is 4.65. The third-order valence-electron chi connectivity index (χ3n) is 2.36. The molecule has 0 spiro atoms. The molecule has 0 N–H and O–H groups in total. The topological polar surface area (TPSA) is 29.5 Å². The van der Waals surface area contributed by atoms with Crippen molar-refractivity contribution in [3.63, 3.8) is 0 Å². The van der Waals surface area contributed by atoms with Crippen LogP contribution in [0.3, 0.4) is 0 Å². The molecule has 2 rings (SSSR count). The van der Waals surface area contributed by atoms with Gasteiger partial charge in [0, 0.05) is 11.6 Å². The molecule has 1 aromatic carbocycles. The monoisotopic (exact) mass is 211 g/mol. The predicted molar refractivity (Wildman–Crippen MR) is 53.1 cm³/mol. The van der Waals surface area contributed by atoms with E-state index in [9.17, 15) is 4.79 Å². The van der Waals surface area contributed by atoms with Crippen LogP contribution in [0, 0.1) is 0 Å². The molecule has 1 aliphatic rings. The Morgan fingerprint density at radius 1 is 1.50 bits per heavy atom. The Hall–Kier alpha value is -1.22. The van der Waals surface area contributed by atoms with Gasteiger partial charge in [-0.15, -0.1) is 0 Å². The van der Waals surface area contributed by atoms with Gasteiger partial charge in [-0.2, -0.15) is 0 Å². The highest BCUT2D eigenvalue weighted by Crippen LogP contribution is 2.29. The molecule has 0 fully saturated rings. The molecule has 1 aromatic rings. The Balaban J connectivity index is 2.26. The molecule has 4 heteroatoms. The van der Waals surface area contributed by atoms with Gasteiger partial charge in [0.15, 0.2) is 0 Å². The summed E-state index contributed by atoms with van der Waals surface area (Å²) in [5, 5.41) is 0.717. The van der Waals surface area contributed by atoms with Crippen molar-refractivity contribution in [1.82, 2.24) is 4.90 Å². The highest BCUT2D eigenvalue weighted by Gasteiger charge is 2.25. The van der Waals surface area contributed by atoms with Crippen LogP contribution in [0.5, 0.6) is 0 Å². The average Bonchev–Trinajstić information content (AvgIpc) is 2.62. The maximum atomic E-state index is 11.3. The summed E-state index contributed by atoms with van der Waals surface area (Å²) in [5.41, 5.74) is 2.13. The van der Waals surface area contributed by atoms with Crippen LogP contribution in [-0.2, 0) is 17.8 Å². The zero-order valence-electron chi connectivity index (χ0n) is 7.79. The van der Waals surface area contributed by atoms with Gasteiger partial charge in [0.05, 0.1) is 13.7 Å². The maximum absolute atomic E-state index is 11.3. The summed E-state index contributed by atoms with van der Waals surface area (Å²) in [7, 11) is 1.38. The first kappa shape index (κ1) is 9.34. The number of hydrogen-bond donors (Lipinski definition) is 0. The standard InChI is InChI=1S/C10H10ClNO2/c1-14-10(13)12-5-7-3-2-4-9(11)8(7)6-12/h2-4H,5-6H2,1H3. The number of carbonyl (C=O) groups is 1. The highest BCUT2D eigenvalue weighted by molar-refractivity contribution is 6.31. The van der Waals surface area contributed by atoms with Gasteiger partial charge in [-0.1, -0.05) is 23.7 Å². The second-order valence-corrected chi connectivity index (χ2v) is 3.61. The van der Waals surface area contributed by atoms with Crippen LogP contribution in [0.15, 0.2) is 18.2 Å². The molecule has 0 unspecified atom stereocenters. The predicted octanol–water partition coefficient (Wildman–Crippen LogP) is 2.42. The SMILES string of the molecule is COC(=O)N1Cc2cccc(Cl)c2C1. The van der Waals surface area contributed by atoms with Crippen molar-refractivity contribution in [3.05, 3.63) is 34.3 Å². The van der Waals surface area contributed by atoms with Crippen LogP contribution in [0.25, 0.3) is 0 Å². The number of nitrogens with zero attached hydrogens (tertiary/aromatic N) is 1. The lowest BCUT2D eigenvalue weighted by atomic mass is 10.1. The van der Waals surface area contributed by atoms with Crippen molar-refractivity contribution >= 4 is 17.7 Å². The van der Waals surface area contributed by atoms with E-state index in [2.05, 4.69) is 4.74 Å². The fourth-order valence-corrected chi connectivity index (χ4v) is 1.89. The van der Waals surface area contributed by atoms with Crippen LogP contribution >= 0.6 is 11.6 Å². The number of ether oxygens (including phenoxy) is 1. The molecular formula is C10H10ClNO2. The normalized spacial score (nSPS) is 14.0. The number of methoxy groups -OCH3 is 1. The van der Waals surface area contributed by atoms with Gasteiger partial charge < -0.3 is 4.74 Å². The van der Waals surface area contributed by atoms with Crippen LogP contribution in [-0.4, -0.2) is 18.1 Å². The number of hydrogen-bond acceptors (Lipinski definition) is 2. The lowest BCUT2D eigenvalue weighted by Crippen LogP contribution is -2.24. The Morgan fingerprint density at radius 2 is 2.29 bits per heavy atom. The summed E-state index contributed by atoms with van der Waals surface area (Å²) in [5.74, 6) is 0. The van der Waals surface area contributed by atoms with Crippen LogP contribution in [0.4, 0.5) is 4.79 Å². The minimum absolute atomic E-state index is 0.308. The van der Waals surface area contributed by atoms with E-state index in [-0.39, 0.29) is 6.09 Å². The minimum atomic E-state index is -0.308. The minimum Gasteiger partial charge on any atom is -0.453 e. The van der Waals surface area contributed by atoms with Crippen molar-refractivity contribution in [2.24, 2.45) is 0 Å². The first-order valence-corrected chi connectivity index (χ1v) is 4.69. The van der Waals surface area contributed by atoms with E-state index in [1.165, 1.54) is 7.11 Å². The van der Waals surface area contributed by atoms with Gasteiger partial charge in [-0.25, -0.2) is 4.79 Å². The summed E-state index contributed by atoms with van der Waals surface area (Å²) in [6.45, 7) is 1.13. The second-order valence-electron chi connectivity index (χ2n) is 3.20. The van der Waals surface area contributed by atoms with Crippen molar-refractivity contribution in [2.45, 2.75) is 13.1 Å². The molecule has 3 nitrogen and oxygen atoms in total. The zero-order valence-corrected chi connectivity index (χ0v) is 8.54. The summed E-state index contributed by atoms with van der Waals surface area (Å²) >= 11 is 6.00. The Bertz CT molecular complexity index is 378. The lowest BCUT2D eigenvalue weighted by molar-refractivity contribution is 0.123. The van der Waals surface area contributed by atoms with E-state index in [1.807, 2.05) is 18.2 Å². The largest absolute Gasteiger partial charge is 0.453 e. The number of carbonyl (C=O) groups excluding carboxylic acids is 1.